The van der Waals surface area contributed by atoms with Crippen molar-refractivity contribution < 1.29 is 19.2 Å². The van der Waals surface area contributed by atoms with Crippen molar-refractivity contribution in [2.45, 2.75) is 37.8 Å². The molecule has 0 bridgehead atoms. The molecule has 9 heteroatoms. The molecule has 4 N–H and O–H groups in total. The van der Waals surface area contributed by atoms with Crippen LogP contribution in [0.1, 0.15) is 29.5 Å². The zero-order chi connectivity index (χ0) is 24.2. The van der Waals surface area contributed by atoms with Crippen molar-refractivity contribution >= 4 is 40.9 Å². The van der Waals surface area contributed by atoms with Crippen molar-refractivity contribution in [1.82, 2.24) is 10.2 Å². The lowest BCUT2D eigenvalue weighted by atomic mass is 9.76. The highest BCUT2D eigenvalue weighted by Crippen LogP contribution is 2.54. The number of carbonyl (C=O) groups excluding carboxylic acids is 4. The summed E-state index contributed by atoms with van der Waals surface area (Å²) >= 11 is 6.34. The van der Waals surface area contributed by atoms with Gasteiger partial charge in [0.05, 0.1) is 11.8 Å². The van der Waals surface area contributed by atoms with Gasteiger partial charge in [-0.05, 0) is 43.0 Å². The first-order valence-electron chi connectivity index (χ1n) is 11.3. The smallest absolute Gasteiger partial charge is 0.250 e. The Morgan fingerprint density at radius 3 is 2.59 bits per heavy atom. The third kappa shape index (κ3) is 3.32. The standard InChI is InChI=1S/C25H25ClN4O4/c1-13-11-15(26)12-16-21(13)28-24(34)25(16)20-19(17(29-25)7-8-18(27)31)22(32)30(23(20)33)10-9-14-5-3-2-4-6-14/h2-6,11-12,17,19-20,29H,7-10H2,1H3,(H2,27,31)(H,28,34)/t17-,19-,20-,25-/m1/s1. The number of benzene rings is 2. The number of nitrogens with zero attached hydrogens (tertiary/aromatic N) is 1. The number of amides is 4. The van der Waals surface area contributed by atoms with Crippen molar-refractivity contribution in [2.75, 3.05) is 11.9 Å². The van der Waals surface area contributed by atoms with Gasteiger partial charge in [-0.25, -0.2) is 0 Å². The van der Waals surface area contributed by atoms with Crippen LogP contribution in [-0.2, 0) is 31.1 Å². The predicted molar refractivity (Wildman–Crippen MR) is 126 cm³/mol. The van der Waals surface area contributed by atoms with Gasteiger partial charge >= 0.3 is 0 Å². The molecule has 2 saturated heterocycles. The number of imide groups is 1. The Morgan fingerprint density at radius 1 is 1.15 bits per heavy atom. The van der Waals surface area contributed by atoms with Crippen LogP contribution in [0.3, 0.4) is 0 Å². The highest BCUT2D eigenvalue weighted by atomic mass is 35.5. The van der Waals surface area contributed by atoms with Crippen LogP contribution in [0.25, 0.3) is 0 Å². The van der Waals surface area contributed by atoms with Gasteiger partial charge in [-0.3, -0.25) is 29.4 Å². The molecule has 0 unspecified atom stereocenters. The number of nitrogens with one attached hydrogen (secondary N) is 2. The fourth-order valence-electron chi connectivity index (χ4n) is 5.75. The van der Waals surface area contributed by atoms with E-state index >= 15 is 0 Å². The number of fused-ring (bicyclic) bond motifs is 4. The molecule has 3 aliphatic rings. The molecule has 5 rings (SSSR count). The molecule has 4 amide bonds. The van der Waals surface area contributed by atoms with E-state index in [0.29, 0.717) is 22.7 Å². The highest BCUT2D eigenvalue weighted by Gasteiger charge is 2.70. The van der Waals surface area contributed by atoms with Crippen molar-refractivity contribution in [1.29, 1.82) is 0 Å². The van der Waals surface area contributed by atoms with Gasteiger partial charge in [-0.1, -0.05) is 41.9 Å². The van der Waals surface area contributed by atoms with Gasteiger partial charge in [0.2, 0.25) is 23.6 Å². The summed E-state index contributed by atoms with van der Waals surface area (Å²) in [5.41, 5.74) is 6.86. The fraction of sp³-hybridized carbons (Fsp3) is 0.360. The number of likely N-dealkylation sites (tertiary alicyclic amines) is 1. The Balaban J connectivity index is 1.55. The minimum atomic E-state index is -1.44. The lowest BCUT2D eigenvalue weighted by molar-refractivity contribution is -0.142. The van der Waals surface area contributed by atoms with Crippen LogP contribution in [0.5, 0.6) is 0 Å². The first-order chi connectivity index (χ1) is 16.2. The zero-order valence-corrected chi connectivity index (χ0v) is 19.4. The van der Waals surface area contributed by atoms with Crippen LogP contribution >= 0.6 is 11.6 Å². The Labute approximate surface area is 201 Å². The van der Waals surface area contributed by atoms with Crippen molar-refractivity contribution in [3.63, 3.8) is 0 Å². The summed E-state index contributed by atoms with van der Waals surface area (Å²) < 4.78 is 0. The molecule has 2 aromatic carbocycles. The van der Waals surface area contributed by atoms with E-state index < -0.39 is 35.2 Å². The summed E-state index contributed by atoms with van der Waals surface area (Å²) in [6, 6.07) is 12.4. The molecule has 3 aliphatic heterocycles. The molecule has 0 aromatic heterocycles. The van der Waals surface area contributed by atoms with E-state index in [0.717, 1.165) is 11.1 Å². The largest absolute Gasteiger partial charge is 0.370 e. The van der Waals surface area contributed by atoms with Crippen molar-refractivity contribution in [3.05, 3.63) is 64.2 Å². The summed E-state index contributed by atoms with van der Waals surface area (Å²) in [6.07, 6.45) is 0.787. The number of carbonyl (C=O) groups is 4. The number of halogens is 1. The van der Waals surface area contributed by atoms with Gasteiger partial charge in [0, 0.05) is 35.3 Å². The maximum Gasteiger partial charge on any atom is 0.250 e. The van der Waals surface area contributed by atoms with Gasteiger partial charge in [0.25, 0.3) is 0 Å². The molecule has 2 aromatic rings. The highest BCUT2D eigenvalue weighted by molar-refractivity contribution is 6.31. The van der Waals surface area contributed by atoms with E-state index in [2.05, 4.69) is 10.6 Å². The van der Waals surface area contributed by atoms with Crippen molar-refractivity contribution in [3.8, 4) is 0 Å². The average molecular weight is 481 g/mol. The third-order valence-electron chi connectivity index (χ3n) is 7.25. The van der Waals surface area contributed by atoms with E-state index in [1.165, 1.54) is 4.90 Å². The first kappa shape index (κ1) is 22.6. The van der Waals surface area contributed by atoms with E-state index in [4.69, 9.17) is 17.3 Å². The second-order valence-corrected chi connectivity index (χ2v) is 9.67. The lowest BCUT2D eigenvalue weighted by Gasteiger charge is -2.29. The van der Waals surface area contributed by atoms with Crippen LogP contribution in [0.2, 0.25) is 5.02 Å². The monoisotopic (exact) mass is 480 g/mol. The summed E-state index contributed by atoms with van der Waals surface area (Å²) in [6.45, 7) is 2.05. The molecule has 34 heavy (non-hydrogen) atoms. The van der Waals surface area contributed by atoms with Crippen molar-refractivity contribution in [2.24, 2.45) is 17.6 Å². The fourth-order valence-corrected chi connectivity index (χ4v) is 6.02. The second kappa shape index (κ2) is 8.21. The molecule has 1 spiro atoms. The zero-order valence-electron chi connectivity index (χ0n) is 18.6. The molecule has 4 atom stereocenters. The molecular weight excluding hydrogens is 456 g/mol. The Kier molecular flexibility index (Phi) is 5.45. The quantitative estimate of drug-likeness (QED) is 0.545. The second-order valence-electron chi connectivity index (χ2n) is 9.23. The van der Waals surface area contributed by atoms with Gasteiger partial charge in [-0.2, -0.15) is 0 Å². The third-order valence-corrected chi connectivity index (χ3v) is 7.46. The van der Waals surface area contributed by atoms with Crippen LogP contribution in [0.15, 0.2) is 42.5 Å². The van der Waals surface area contributed by atoms with Crippen LogP contribution in [-0.4, -0.2) is 41.1 Å². The van der Waals surface area contributed by atoms with Gasteiger partial charge in [0.15, 0.2) is 0 Å². The van der Waals surface area contributed by atoms with Gasteiger partial charge < -0.3 is 11.1 Å². The van der Waals surface area contributed by atoms with E-state index in [1.54, 1.807) is 12.1 Å². The van der Waals surface area contributed by atoms with Crippen LogP contribution in [0.4, 0.5) is 5.69 Å². The molecule has 0 radical (unpaired) electrons. The van der Waals surface area contributed by atoms with E-state index in [1.807, 2.05) is 37.3 Å². The SMILES string of the molecule is Cc1cc(Cl)cc2c1NC(=O)[C@@]21N[C@H](CCC(N)=O)[C@H]2C(=O)N(CCc3ccccc3)C(=O)[C@@H]21. The Morgan fingerprint density at radius 2 is 1.88 bits per heavy atom. The van der Waals surface area contributed by atoms with E-state index in [-0.39, 0.29) is 31.2 Å². The first-order valence-corrected chi connectivity index (χ1v) is 11.7. The summed E-state index contributed by atoms with van der Waals surface area (Å²) in [5, 5.41) is 6.62. The normalized spacial score (nSPS) is 27.3. The Hall–Kier alpha value is -3.23. The molecule has 0 aliphatic carbocycles. The predicted octanol–water partition coefficient (Wildman–Crippen LogP) is 1.88. The minimum absolute atomic E-state index is 0.0332. The average Bonchev–Trinajstić information content (AvgIpc) is 3.37. The lowest BCUT2D eigenvalue weighted by Crippen LogP contribution is -2.53. The van der Waals surface area contributed by atoms with Crippen LogP contribution in [0, 0.1) is 18.8 Å². The number of nitrogens with two attached hydrogens (primary N) is 1. The molecule has 3 heterocycles. The maximum absolute atomic E-state index is 13.7. The number of aryl methyl sites for hydroxylation is 1. The van der Waals surface area contributed by atoms with Gasteiger partial charge in [-0.15, -0.1) is 0 Å². The number of hydrogen-bond acceptors (Lipinski definition) is 5. The van der Waals surface area contributed by atoms with Gasteiger partial charge in [0.1, 0.15) is 5.54 Å². The maximum atomic E-state index is 13.7. The summed E-state index contributed by atoms with van der Waals surface area (Å²) in [4.78, 5) is 53.6. The summed E-state index contributed by atoms with van der Waals surface area (Å²) in [7, 11) is 0. The molecule has 0 saturated carbocycles. The molecule has 2 fully saturated rings. The Bertz CT molecular complexity index is 1220. The molecule has 8 nitrogen and oxygen atoms in total. The number of primary amides is 1. The number of anilines is 1. The molecule has 176 valence electrons. The number of rotatable bonds is 6. The minimum Gasteiger partial charge on any atom is -0.370 e. The molecular formula is C25H25ClN4O4. The summed E-state index contributed by atoms with van der Waals surface area (Å²) in [5.74, 6) is -3.33. The topological polar surface area (TPSA) is 122 Å². The van der Waals surface area contributed by atoms with E-state index in [9.17, 15) is 19.2 Å². The number of hydrogen-bond donors (Lipinski definition) is 3. The van der Waals surface area contributed by atoms with Crippen LogP contribution < -0.4 is 16.4 Å².